The van der Waals surface area contributed by atoms with E-state index in [1.807, 2.05) is 0 Å². The molecule has 0 bridgehead atoms. The summed E-state index contributed by atoms with van der Waals surface area (Å²) < 4.78 is 23.0. The molecule has 2 fully saturated rings. The molecule has 0 aliphatic carbocycles. The van der Waals surface area contributed by atoms with Crippen molar-refractivity contribution in [3.8, 4) is 0 Å². The first kappa shape index (κ1) is 88.0. The zero-order valence-corrected chi connectivity index (χ0v) is 60.5. The molecule has 2 aliphatic heterocycles. The smallest absolute Gasteiger partial charge is 0.220 e. The highest BCUT2D eigenvalue weighted by Gasteiger charge is 2.51. The summed E-state index contributed by atoms with van der Waals surface area (Å²) in [6.45, 7) is 2.81. The van der Waals surface area contributed by atoms with E-state index >= 15 is 0 Å². The Balaban J connectivity index is 1.58. The van der Waals surface area contributed by atoms with Gasteiger partial charge in [-0.3, -0.25) is 4.79 Å². The monoisotopic (exact) mass is 1330 g/mol. The quantitative estimate of drug-likeness (QED) is 0.0204. The Morgan fingerprint density at radius 3 is 1.13 bits per heavy atom. The Morgan fingerprint density at radius 1 is 0.394 bits per heavy atom. The van der Waals surface area contributed by atoms with E-state index in [4.69, 9.17) is 18.9 Å². The minimum absolute atomic E-state index is 0.199. The van der Waals surface area contributed by atoms with E-state index in [0.717, 1.165) is 77.0 Å². The zero-order chi connectivity index (χ0) is 68.0. The summed E-state index contributed by atoms with van der Waals surface area (Å²) in [5.74, 6) is -0.199. The molecule has 0 radical (unpaired) electrons. The third kappa shape index (κ3) is 47.1. The van der Waals surface area contributed by atoms with E-state index in [-0.39, 0.29) is 12.5 Å². The average molecular weight is 1330 g/mol. The van der Waals surface area contributed by atoms with Crippen molar-refractivity contribution in [3.63, 3.8) is 0 Å². The van der Waals surface area contributed by atoms with Gasteiger partial charge in [0.1, 0.15) is 48.8 Å². The number of amides is 1. The second kappa shape index (κ2) is 64.3. The number of carbonyl (C=O) groups is 1. The normalized spacial score (nSPS) is 22.7. The minimum Gasteiger partial charge on any atom is -0.394 e. The lowest BCUT2D eigenvalue weighted by Gasteiger charge is -2.46. The highest BCUT2D eigenvalue weighted by atomic mass is 16.7. The predicted molar refractivity (Wildman–Crippen MR) is 388 cm³/mol. The van der Waals surface area contributed by atoms with Crippen LogP contribution in [0.1, 0.15) is 361 Å². The van der Waals surface area contributed by atoms with Crippen molar-refractivity contribution >= 4 is 5.91 Å². The van der Waals surface area contributed by atoms with Crippen LogP contribution in [0.15, 0.2) is 48.6 Å². The summed E-state index contributed by atoms with van der Waals surface area (Å²) in [5, 5.41) is 87.8. The molecule has 2 rings (SSSR count). The SMILES string of the molecule is CC/C=C\C/C=C\C/C=C\C/C=C\CCCCCCCCCCCCCCCCCCCCCCCCCCC(=O)NC(COC1OC(CO)C(OC2OC(CO)C(O)C(O)C2O)C(O)C1O)C(O)CCCCCCCCCCCCCCCCCCCCCCCCC. The Hall–Kier alpha value is -2.05. The second-order valence-corrected chi connectivity index (χ2v) is 28.2. The van der Waals surface area contributed by atoms with Gasteiger partial charge in [-0.05, 0) is 51.4 Å². The minimum atomic E-state index is -1.78. The maximum absolute atomic E-state index is 13.4. The number of aliphatic hydroxyl groups excluding tert-OH is 8. The van der Waals surface area contributed by atoms with Gasteiger partial charge in [0, 0.05) is 6.42 Å². The number of hydrogen-bond donors (Lipinski definition) is 9. The molecule has 2 heterocycles. The van der Waals surface area contributed by atoms with E-state index < -0.39 is 86.8 Å². The Labute approximate surface area is 575 Å². The number of ether oxygens (including phenoxy) is 4. The van der Waals surface area contributed by atoms with Crippen LogP contribution in [0.4, 0.5) is 0 Å². The maximum Gasteiger partial charge on any atom is 0.220 e. The average Bonchev–Trinajstić information content (AvgIpc) is 0.794. The van der Waals surface area contributed by atoms with E-state index in [1.165, 1.54) is 257 Å². The summed E-state index contributed by atoms with van der Waals surface area (Å²) in [5.41, 5.74) is 0. The van der Waals surface area contributed by atoms with Gasteiger partial charge in [0.25, 0.3) is 0 Å². The van der Waals surface area contributed by atoms with Crippen LogP contribution in [0.25, 0.3) is 0 Å². The number of unbranched alkanes of at least 4 members (excludes halogenated alkanes) is 46. The lowest BCUT2D eigenvalue weighted by atomic mass is 9.97. The number of carbonyl (C=O) groups excluding carboxylic acids is 1. The lowest BCUT2D eigenvalue weighted by Crippen LogP contribution is -2.65. The van der Waals surface area contributed by atoms with Crippen LogP contribution < -0.4 is 5.32 Å². The Bertz CT molecular complexity index is 1760. The number of allylic oxidation sites excluding steroid dienone is 8. The summed E-state index contributed by atoms with van der Waals surface area (Å²) in [4.78, 5) is 13.4. The van der Waals surface area contributed by atoms with Crippen molar-refractivity contribution in [1.29, 1.82) is 0 Å². The van der Waals surface area contributed by atoms with Crippen LogP contribution in [-0.2, 0) is 23.7 Å². The van der Waals surface area contributed by atoms with Crippen LogP contribution in [0.5, 0.6) is 0 Å². The molecule has 0 saturated carbocycles. The number of nitrogens with one attached hydrogen (secondary N) is 1. The molecular weight excluding hydrogens is 1180 g/mol. The van der Waals surface area contributed by atoms with Gasteiger partial charge in [-0.15, -0.1) is 0 Å². The molecule has 1 amide bonds. The van der Waals surface area contributed by atoms with Gasteiger partial charge < -0.3 is 65.1 Å². The molecule has 0 aromatic rings. The second-order valence-electron chi connectivity index (χ2n) is 28.2. The van der Waals surface area contributed by atoms with Crippen molar-refractivity contribution in [2.45, 2.75) is 434 Å². The van der Waals surface area contributed by atoms with Gasteiger partial charge in [0.15, 0.2) is 12.6 Å². The van der Waals surface area contributed by atoms with E-state index in [2.05, 4.69) is 67.8 Å². The molecule has 14 heteroatoms. The van der Waals surface area contributed by atoms with Crippen molar-refractivity contribution in [2.24, 2.45) is 0 Å². The fourth-order valence-corrected chi connectivity index (χ4v) is 13.3. The van der Waals surface area contributed by atoms with Crippen LogP contribution in [0.3, 0.4) is 0 Å². The van der Waals surface area contributed by atoms with Crippen LogP contribution in [0.2, 0.25) is 0 Å². The molecule has 0 aromatic heterocycles. The maximum atomic E-state index is 13.4. The fraction of sp³-hybridized carbons (Fsp3) is 0.887. The summed E-state index contributed by atoms with van der Waals surface area (Å²) in [6, 6.07) is -0.829. The van der Waals surface area contributed by atoms with Crippen molar-refractivity contribution in [3.05, 3.63) is 48.6 Å². The molecule has 0 aromatic carbocycles. The van der Waals surface area contributed by atoms with Gasteiger partial charge in [0.05, 0.1) is 32.0 Å². The van der Waals surface area contributed by atoms with Crippen LogP contribution in [-0.4, -0.2) is 140 Å². The Kier molecular flexibility index (Phi) is 60.3. The van der Waals surface area contributed by atoms with Crippen molar-refractivity contribution < 1.29 is 64.6 Å². The highest BCUT2D eigenvalue weighted by molar-refractivity contribution is 5.76. The van der Waals surface area contributed by atoms with E-state index in [9.17, 15) is 45.6 Å². The fourth-order valence-electron chi connectivity index (χ4n) is 13.3. The lowest BCUT2D eigenvalue weighted by molar-refractivity contribution is -0.359. The molecule has 0 spiro atoms. The third-order valence-electron chi connectivity index (χ3n) is 19.6. The predicted octanol–water partition coefficient (Wildman–Crippen LogP) is 17.8. The topological polar surface area (TPSA) is 228 Å². The zero-order valence-electron chi connectivity index (χ0n) is 60.5. The molecule has 552 valence electrons. The van der Waals surface area contributed by atoms with Gasteiger partial charge in [-0.2, -0.15) is 0 Å². The summed E-state index contributed by atoms with van der Waals surface area (Å²) >= 11 is 0. The molecule has 12 atom stereocenters. The molecule has 9 N–H and O–H groups in total. The number of rotatable bonds is 67. The molecule has 94 heavy (non-hydrogen) atoms. The molecule has 2 aliphatic rings. The molecule has 14 nitrogen and oxygen atoms in total. The molecule has 2 saturated heterocycles. The first-order valence-electron chi connectivity index (χ1n) is 39.9. The van der Waals surface area contributed by atoms with Crippen LogP contribution in [0, 0.1) is 0 Å². The Morgan fingerprint density at radius 2 is 0.734 bits per heavy atom. The molecular formula is C80H149NO13. The number of hydrogen-bond acceptors (Lipinski definition) is 13. The van der Waals surface area contributed by atoms with Crippen LogP contribution >= 0.6 is 0 Å². The van der Waals surface area contributed by atoms with Crippen molar-refractivity contribution in [1.82, 2.24) is 5.32 Å². The van der Waals surface area contributed by atoms with Crippen molar-refractivity contribution in [2.75, 3.05) is 19.8 Å². The number of aliphatic hydroxyl groups is 8. The van der Waals surface area contributed by atoms with E-state index in [0.29, 0.717) is 12.8 Å². The first-order valence-corrected chi connectivity index (χ1v) is 39.9. The van der Waals surface area contributed by atoms with Gasteiger partial charge >= 0.3 is 0 Å². The highest BCUT2D eigenvalue weighted by Crippen LogP contribution is 2.30. The van der Waals surface area contributed by atoms with E-state index in [1.54, 1.807) is 0 Å². The largest absolute Gasteiger partial charge is 0.394 e. The first-order chi connectivity index (χ1) is 46.1. The van der Waals surface area contributed by atoms with Gasteiger partial charge in [-0.25, -0.2) is 0 Å². The molecule has 12 unspecified atom stereocenters. The summed E-state index contributed by atoms with van der Waals surface area (Å²) in [6.07, 6.45) is 68.7. The summed E-state index contributed by atoms with van der Waals surface area (Å²) in [7, 11) is 0. The van der Waals surface area contributed by atoms with Gasteiger partial charge in [-0.1, -0.05) is 351 Å². The van der Waals surface area contributed by atoms with Gasteiger partial charge in [0.2, 0.25) is 5.91 Å². The standard InChI is InChI=1S/C80H149NO13/c1-3-5-7-9-11-13-15-17-19-21-23-25-27-28-29-30-31-32-33-34-35-36-37-38-39-40-42-44-46-48-50-52-54-56-58-60-62-64-72(85)81-68(67-91-79-77(90)75(88)78(71(66-83)93-79)94-80-76(89)74(87)73(86)70(65-82)92-80)69(84)63-61-59-57-55-53-51-49-47-45-43-41-26-24-22-20-18-16-14-12-10-8-6-4-2/h5,7,11,13,17,19,23,25,68-71,73-80,82-84,86-90H,3-4,6,8-10,12,14-16,18,20-22,24,26-67H2,1-2H3,(H,81,85)/b7-5-,13-11-,19-17-,25-23-. The third-order valence-corrected chi connectivity index (χ3v) is 19.6.